The Morgan fingerprint density at radius 3 is 2.24 bits per heavy atom. The molecule has 2 rings (SSSR count). The van der Waals surface area contributed by atoms with E-state index in [0.717, 1.165) is 12.1 Å². The predicted octanol–water partition coefficient (Wildman–Crippen LogP) is 3.90. The fourth-order valence-electron chi connectivity index (χ4n) is 3.10. The molecule has 2 nitrogen and oxygen atoms in total. The van der Waals surface area contributed by atoms with E-state index in [-0.39, 0.29) is 29.6 Å². The number of hydrogen-bond acceptors (Lipinski definition) is 2. The van der Waals surface area contributed by atoms with Crippen LogP contribution in [-0.2, 0) is 10.9 Å². The summed E-state index contributed by atoms with van der Waals surface area (Å²) in [6, 6.07) is 2.33. The Labute approximate surface area is 121 Å². The van der Waals surface area contributed by atoms with Gasteiger partial charge in [0.05, 0.1) is 17.8 Å². The van der Waals surface area contributed by atoms with Crippen molar-refractivity contribution in [3.8, 4) is 0 Å². The van der Waals surface area contributed by atoms with Gasteiger partial charge in [-0.1, -0.05) is 13.0 Å². The topological polar surface area (TPSA) is 35.2 Å². The highest BCUT2D eigenvalue weighted by Crippen LogP contribution is 2.40. The summed E-state index contributed by atoms with van der Waals surface area (Å²) in [5.74, 6) is -1.27. The van der Waals surface area contributed by atoms with Crippen molar-refractivity contribution < 1.29 is 22.3 Å². The highest BCUT2D eigenvalue weighted by atomic mass is 19.4. The normalized spacial score (nSPS) is 31.4. The molecule has 0 amide bonds. The molecule has 6 heteroatoms. The molecule has 0 bridgehead atoms. The first-order valence-electron chi connectivity index (χ1n) is 6.90. The van der Waals surface area contributed by atoms with Gasteiger partial charge in [0.2, 0.25) is 0 Å². The van der Waals surface area contributed by atoms with Crippen molar-refractivity contribution in [2.24, 2.45) is 17.6 Å². The minimum absolute atomic E-state index is 0.00131. The Bertz CT molecular complexity index is 517. The lowest BCUT2D eigenvalue weighted by Gasteiger charge is -2.26. The molecule has 1 saturated heterocycles. The highest BCUT2D eigenvalue weighted by molar-refractivity contribution is 5.30. The van der Waals surface area contributed by atoms with Gasteiger partial charge in [-0.3, -0.25) is 0 Å². The lowest BCUT2D eigenvalue weighted by atomic mass is 9.80. The molecular formula is C15H19F4NO. The number of halogens is 4. The Morgan fingerprint density at radius 1 is 1.14 bits per heavy atom. The van der Waals surface area contributed by atoms with Gasteiger partial charge in [0.15, 0.2) is 0 Å². The maximum Gasteiger partial charge on any atom is 0.419 e. The lowest BCUT2D eigenvalue weighted by molar-refractivity contribution is -0.140. The summed E-state index contributed by atoms with van der Waals surface area (Å²) in [6.45, 7) is 5.74. The van der Waals surface area contributed by atoms with Crippen molar-refractivity contribution in [1.29, 1.82) is 0 Å². The van der Waals surface area contributed by atoms with E-state index in [1.165, 1.54) is 6.07 Å². The van der Waals surface area contributed by atoms with E-state index in [9.17, 15) is 17.6 Å². The van der Waals surface area contributed by atoms with Crippen molar-refractivity contribution in [3.05, 3.63) is 35.1 Å². The second kappa shape index (κ2) is 5.57. The van der Waals surface area contributed by atoms with Crippen LogP contribution in [0, 0.1) is 17.7 Å². The minimum atomic E-state index is -4.73. The Balaban J connectivity index is 2.34. The van der Waals surface area contributed by atoms with Crippen molar-refractivity contribution in [1.82, 2.24) is 0 Å². The van der Waals surface area contributed by atoms with Gasteiger partial charge < -0.3 is 10.5 Å². The molecule has 1 aliphatic rings. The van der Waals surface area contributed by atoms with Crippen molar-refractivity contribution >= 4 is 0 Å². The van der Waals surface area contributed by atoms with Crippen LogP contribution in [0.2, 0.25) is 0 Å². The molecule has 1 aromatic carbocycles. The lowest BCUT2D eigenvalue weighted by Crippen LogP contribution is -2.31. The molecule has 1 fully saturated rings. The SMILES string of the molecule is CC1OC(C)C(C(N)c2ccc(F)c(C(F)(F)F)c2)C1C. The van der Waals surface area contributed by atoms with Gasteiger partial charge >= 0.3 is 6.18 Å². The quantitative estimate of drug-likeness (QED) is 0.841. The monoisotopic (exact) mass is 305 g/mol. The average Bonchev–Trinajstić information content (AvgIpc) is 2.61. The zero-order valence-electron chi connectivity index (χ0n) is 12.1. The standard InChI is InChI=1S/C15H19F4NO/c1-7-8(2)21-9(3)13(7)14(20)10-4-5-12(16)11(6-10)15(17,18)19/h4-9,13-14H,20H2,1-3H3. The first-order valence-corrected chi connectivity index (χ1v) is 6.90. The van der Waals surface area contributed by atoms with E-state index in [4.69, 9.17) is 10.5 Å². The van der Waals surface area contributed by atoms with Crippen molar-refractivity contribution in [2.75, 3.05) is 0 Å². The summed E-state index contributed by atoms with van der Waals surface area (Å²) in [7, 11) is 0. The van der Waals surface area contributed by atoms with Gasteiger partial charge in [-0.2, -0.15) is 13.2 Å². The summed E-state index contributed by atoms with van der Waals surface area (Å²) in [5, 5.41) is 0. The maximum atomic E-state index is 13.3. The summed E-state index contributed by atoms with van der Waals surface area (Å²) in [6.07, 6.45) is -4.88. The van der Waals surface area contributed by atoms with E-state index < -0.39 is 23.6 Å². The number of alkyl halides is 3. The molecule has 0 saturated carbocycles. The largest absolute Gasteiger partial charge is 0.419 e. The van der Waals surface area contributed by atoms with Gasteiger partial charge in [0, 0.05) is 12.0 Å². The van der Waals surface area contributed by atoms with E-state index in [1.807, 2.05) is 20.8 Å². The van der Waals surface area contributed by atoms with Crippen LogP contribution in [0.3, 0.4) is 0 Å². The van der Waals surface area contributed by atoms with E-state index in [1.54, 1.807) is 0 Å². The van der Waals surface area contributed by atoms with Gasteiger partial charge in [0.1, 0.15) is 5.82 Å². The molecule has 1 heterocycles. The van der Waals surface area contributed by atoms with Gasteiger partial charge in [-0.15, -0.1) is 0 Å². The molecular weight excluding hydrogens is 286 g/mol. The molecule has 118 valence electrons. The van der Waals surface area contributed by atoms with Crippen LogP contribution >= 0.6 is 0 Å². The van der Waals surface area contributed by atoms with Crippen molar-refractivity contribution in [2.45, 2.75) is 45.2 Å². The van der Waals surface area contributed by atoms with E-state index in [0.29, 0.717) is 0 Å². The Hall–Kier alpha value is -1.14. The third-order valence-electron chi connectivity index (χ3n) is 4.41. The molecule has 0 aromatic heterocycles. The molecule has 0 spiro atoms. The summed E-state index contributed by atoms with van der Waals surface area (Å²) in [4.78, 5) is 0. The van der Waals surface area contributed by atoms with Crippen LogP contribution in [0.4, 0.5) is 17.6 Å². The third kappa shape index (κ3) is 3.06. The summed E-state index contributed by atoms with van der Waals surface area (Å²) in [5.41, 5.74) is 5.14. The van der Waals surface area contributed by atoms with Crippen molar-refractivity contribution in [3.63, 3.8) is 0 Å². The second-order valence-corrected chi connectivity index (χ2v) is 5.75. The molecule has 1 aliphatic heterocycles. The number of hydrogen-bond donors (Lipinski definition) is 1. The average molecular weight is 305 g/mol. The number of nitrogens with two attached hydrogens (primary N) is 1. The smallest absolute Gasteiger partial charge is 0.375 e. The number of benzene rings is 1. The summed E-state index contributed by atoms with van der Waals surface area (Å²) >= 11 is 0. The second-order valence-electron chi connectivity index (χ2n) is 5.75. The summed E-state index contributed by atoms with van der Waals surface area (Å²) < 4.78 is 57.3. The van der Waals surface area contributed by atoms with Gasteiger partial charge in [0.25, 0.3) is 0 Å². The van der Waals surface area contributed by atoms with Crippen LogP contribution in [0.5, 0.6) is 0 Å². The molecule has 1 aromatic rings. The van der Waals surface area contributed by atoms with E-state index >= 15 is 0 Å². The number of ether oxygens (including phenoxy) is 1. The molecule has 5 unspecified atom stereocenters. The fourth-order valence-corrected chi connectivity index (χ4v) is 3.10. The van der Waals surface area contributed by atoms with Crippen LogP contribution in [0.15, 0.2) is 18.2 Å². The van der Waals surface area contributed by atoms with Crippen LogP contribution in [0.25, 0.3) is 0 Å². The van der Waals surface area contributed by atoms with Crippen LogP contribution in [0.1, 0.15) is 37.9 Å². The van der Waals surface area contributed by atoms with E-state index in [2.05, 4.69) is 0 Å². The van der Waals surface area contributed by atoms with Crippen LogP contribution in [-0.4, -0.2) is 12.2 Å². The minimum Gasteiger partial charge on any atom is -0.375 e. The molecule has 2 N–H and O–H groups in total. The highest BCUT2D eigenvalue weighted by Gasteiger charge is 2.42. The fraction of sp³-hybridized carbons (Fsp3) is 0.600. The first kappa shape index (κ1) is 16.2. The molecule has 0 radical (unpaired) electrons. The Morgan fingerprint density at radius 2 is 1.76 bits per heavy atom. The molecule has 0 aliphatic carbocycles. The van der Waals surface area contributed by atoms with Gasteiger partial charge in [-0.05, 0) is 37.5 Å². The Kier molecular flexibility index (Phi) is 4.31. The molecule has 21 heavy (non-hydrogen) atoms. The predicted molar refractivity (Wildman–Crippen MR) is 71.0 cm³/mol. The van der Waals surface area contributed by atoms with Crippen LogP contribution < -0.4 is 5.73 Å². The first-order chi connectivity index (χ1) is 9.62. The maximum absolute atomic E-state index is 13.3. The zero-order valence-corrected chi connectivity index (χ0v) is 12.1. The number of rotatable bonds is 2. The zero-order chi connectivity index (χ0) is 15.9. The third-order valence-corrected chi connectivity index (χ3v) is 4.41. The van der Waals surface area contributed by atoms with Gasteiger partial charge in [-0.25, -0.2) is 4.39 Å². The molecule has 5 atom stereocenters.